The molecule has 0 atom stereocenters. The summed E-state index contributed by atoms with van der Waals surface area (Å²) in [5.41, 5.74) is 0.791. The fourth-order valence-electron chi connectivity index (χ4n) is 2.57. The number of hydrogen-bond acceptors (Lipinski definition) is 5. The molecule has 0 aliphatic heterocycles. The lowest BCUT2D eigenvalue weighted by atomic mass is 10.1. The molecule has 0 unspecified atom stereocenters. The summed E-state index contributed by atoms with van der Waals surface area (Å²) in [6.45, 7) is -0.172. The number of carbonyl (C=O) groups is 2. The Balaban J connectivity index is 2.07. The van der Waals surface area contributed by atoms with Gasteiger partial charge in [0.05, 0.1) is 10.7 Å². The standard InChI is InChI=1S/C18H19IN2O4/c1-24-17(22)11-25-16-7-6-12(9-15(16)19)8-13(10-20)18(23)21-14-4-2-3-5-14/h6-9,14H,2-5,11H2,1H3,(H,21,23)/b13-8-. The normalized spacial score (nSPS) is 14.7. The summed E-state index contributed by atoms with van der Waals surface area (Å²) in [5.74, 6) is -0.261. The first-order valence-corrected chi connectivity index (χ1v) is 9.03. The van der Waals surface area contributed by atoms with Gasteiger partial charge in [0.2, 0.25) is 0 Å². The van der Waals surface area contributed by atoms with E-state index in [1.807, 2.05) is 6.07 Å². The van der Waals surface area contributed by atoms with E-state index in [1.165, 1.54) is 7.11 Å². The molecule has 7 heteroatoms. The summed E-state index contributed by atoms with van der Waals surface area (Å²) >= 11 is 2.07. The Morgan fingerprint density at radius 2 is 2.12 bits per heavy atom. The highest BCUT2D eigenvalue weighted by Crippen LogP contribution is 2.24. The molecule has 1 aliphatic rings. The van der Waals surface area contributed by atoms with Gasteiger partial charge in [-0.25, -0.2) is 4.79 Å². The van der Waals surface area contributed by atoms with E-state index in [4.69, 9.17) is 4.74 Å². The highest BCUT2D eigenvalue weighted by Gasteiger charge is 2.19. The molecular weight excluding hydrogens is 435 g/mol. The molecule has 132 valence electrons. The second-order valence-electron chi connectivity index (χ2n) is 5.68. The first-order valence-electron chi connectivity index (χ1n) is 7.95. The summed E-state index contributed by atoms with van der Waals surface area (Å²) in [5, 5.41) is 12.2. The number of carbonyl (C=O) groups excluding carboxylic acids is 2. The monoisotopic (exact) mass is 454 g/mol. The number of halogens is 1. The van der Waals surface area contributed by atoms with Gasteiger partial charge in [0.1, 0.15) is 17.4 Å². The molecule has 1 N–H and O–H groups in total. The van der Waals surface area contributed by atoms with Crippen LogP contribution in [0.15, 0.2) is 23.8 Å². The average Bonchev–Trinajstić information content (AvgIpc) is 3.11. The minimum Gasteiger partial charge on any atom is -0.481 e. The minimum absolute atomic E-state index is 0.0749. The zero-order valence-corrected chi connectivity index (χ0v) is 16.0. The highest BCUT2D eigenvalue weighted by molar-refractivity contribution is 14.1. The van der Waals surface area contributed by atoms with E-state index >= 15 is 0 Å². The molecule has 0 spiro atoms. The van der Waals surface area contributed by atoms with Gasteiger partial charge in [-0.05, 0) is 59.2 Å². The van der Waals surface area contributed by atoms with Crippen LogP contribution in [0.3, 0.4) is 0 Å². The summed E-state index contributed by atoms with van der Waals surface area (Å²) in [4.78, 5) is 23.3. The summed E-state index contributed by atoms with van der Waals surface area (Å²) in [7, 11) is 1.30. The third-order valence-electron chi connectivity index (χ3n) is 3.90. The van der Waals surface area contributed by atoms with E-state index in [9.17, 15) is 14.9 Å². The second kappa shape index (κ2) is 9.42. The van der Waals surface area contributed by atoms with E-state index in [0.717, 1.165) is 29.3 Å². The topological polar surface area (TPSA) is 88.4 Å². The van der Waals surface area contributed by atoms with Crippen molar-refractivity contribution >= 4 is 40.5 Å². The molecule has 6 nitrogen and oxygen atoms in total. The number of benzene rings is 1. The van der Waals surface area contributed by atoms with Crippen molar-refractivity contribution in [2.75, 3.05) is 13.7 Å². The van der Waals surface area contributed by atoms with Gasteiger partial charge in [0.15, 0.2) is 6.61 Å². The number of amides is 1. The van der Waals surface area contributed by atoms with Gasteiger partial charge < -0.3 is 14.8 Å². The van der Waals surface area contributed by atoms with Crippen LogP contribution in [-0.4, -0.2) is 31.6 Å². The molecule has 0 aromatic heterocycles. The molecule has 1 saturated carbocycles. The molecule has 1 aromatic rings. The summed E-state index contributed by atoms with van der Waals surface area (Å²) in [6, 6.07) is 7.34. The maximum atomic E-state index is 12.2. The Morgan fingerprint density at radius 3 is 2.72 bits per heavy atom. The van der Waals surface area contributed by atoms with Gasteiger partial charge >= 0.3 is 5.97 Å². The fourth-order valence-corrected chi connectivity index (χ4v) is 3.26. The van der Waals surface area contributed by atoms with Crippen LogP contribution in [0.25, 0.3) is 6.08 Å². The van der Waals surface area contributed by atoms with Crippen LogP contribution >= 0.6 is 22.6 Å². The lowest BCUT2D eigenvalue weighted by Gasteiger charge is -2.11. The SMILES string of the molecule is COC(=O)COc1ccc(/C=C(/C#N)C(=O)NC2CCCC2)cc1I. The third-order valence-corrected chi connectivity index (χ3v) is 4.74. The molecule has 25 heavy (non-hydrogen) atoms. The number of nitriles is 1. The maximum absolute atomic E-state index is 12.2. The van der Waals surface area contributed by atoms with Crippen LogP contribution in [-0.2, 0) is 14.3 Å². The zero-order valence-electron chi connectivity index (χ0n) is 13.9. The van der Waals surface area contributed by atoms with Gasteiger partial charge in [0.25, 0.3) is 5.91 Å². The van der Waals surface area contributed by atoms with E-state index in [1.54, 1.807) is 24.3 Å². The molecule has 0 heterocycles. The van der Waals surface area contributed by atoms with Crippen LogP contribution in [0.1, 0.15) is 31.2 Å². The largest absolute Gasteiger partial charge is 0.481 e. The number of ether oxygens (including phenoxy) is 2. The van der Waals surface area contributed by atoms with Crippen LogP contribution in [0, 0.1) is 14.9 Å². The molecule has 0 bridgehead atoms. The fraction of sp³-hybridized carbons (Fsp3) is 0.389. The van der Waals surface area contributed by atoms with Crippen molar-refractivity contribution in [3.8, 4) is 11.8 Å². The number of esters is 1. The van der Waals surface area contributed by atoms with Gasteiger partial charge in [-0.3, -0.25) is 4.79 Å². The Morgan fingerprint density at radius 1 is 1.40 bits per heavy atom. The second-order valence-corrected chi connectivity index (χ2v) is 6.84. The Bertz CT molecular complexity index is 718. The Kier molecular flexibility index (Phi) is 7.25. The van der Waals surface area contributed by atoms with Crippen LogP contribution in [0.2, 0.25) is 0 Å². The number of hydrogen-bond donors (Lipinski definition) is 1. The minimum atomic E-state index is -0.463. The predicted octanol–water partition coefficient (Wildman–Crippen LogP) is 2.81. The van der Waals surface area contributed by atoms with Gasteiger partial charge in [-0.15, -0.1) is 0 Å². The van der Waals surface area contributed by atoms with Crippen LogP contribution in [0.5, 0.6) is 5.75 Å². The van der Waals surface area contributed by atoms with Gasteiger partial charge in [-0.2, -0.15) is 5.26 Å². The zero-order chi connectivity index (χ0) is 18.2. The molecule has 1 aliphatic carbocycles. The number of methoxy groups -OCH3 is 1. The number of nitrogens with one attached hydrogen (secondary N) is 1. The van der Waals surface area contributed by atoms with Crippen LogP contribution in [0.4, 0.5) is 0 Å². The Hall–Kier alpha value is -2.08. The number of rotatable bonds is 6. The van der Waals surface area contributed by atoms with Crippen molar-refractivity contribution in [1.82, 2.24) is 5.32 Å². The van der Waals surface area contributed by atoms with Gasteiger partial charge in [0, 0.05) is 6.04 Å². The van der Waals surface area contributed by atoms with Gasteiger partial charge in [-0.1, -0.05) is 18.9 Å². The van der Waals surface area contributed by atoms with E-state index < -0.39 is 5.97 Å². The molecule has 0 saturated heterocycles. The lowest BCUT2D eigenvalue weighted by molar-refractivity contribution is -0.142. The van der Waals surface area contributed by atoms with Crippen molar-refractivity contribution in [2.24, 2.45) is 0 Å². The van der Waals surface area contributed by atoms with E-state index in [-0.39, 0.29) is 24.1 Å². The van der Waals surface area contributed by atoms with Crippen molar-refractivity contribution in [1.29, 1.82) is 5.26 Å². The average molecular weight is 454 g/mol. The highest BCUT2D eigenvalue weighted by atomic mass is 127. The summed E-state index contributed by atoms with van der Waals surface area (Å²) in [6.07, 6.45) is 5.71. The molecule has 0 radical (unpaired) electrons. The lowest BCUT2D eigenvalue weighted by Crippen LogP contribution is -2.33. The first kappa shape index (κ1) is 19.2. The Labute approximate surface area is 160 Å². The molecule has 1 amide bonds. The maximum Gasteiger partial charge on any atom is 0.343 e. The smallest absolute Gasteiger partial charge is 0.343 e. The third kappa shape index (κ3) is 5.74. The van der Waals surface area contributed by atoms with Crippen molar-refractivity contribution in [3.63, 3.8) is 0 Å². The molecular formula is C18H19IN2O4. The van der Waals surface area contributed by atoms with Crippen molar-refractivity contribution in [2.45, 2.75) is 31.7 Å². The van der Waals surface area contributed by atoms with E-state index in [0.29, 0.717) is 11.3 Å². The molecule has 1 fully saturated rings. The van der Waals surface area contributed by atoms with Crippen molar-refractivity contribution in [3.05, 3.63) is 32.9 Å². The molecule has 1 aromatic carbocycles. The predicted molar refractivity (Wildman–Crippen MR) is 101 cm³/mol. The number of nitrogens with zero attached hydrogens (tertiary/aromatic N) is 1. The summed E-state index contributed by atoms with van der Waals surface area (Å²) < 4.78 is 10.7. The van der Waals surface area contributed by atoms with Crippen LogP contribution < -0.4 is 10.1 Å². The first-order chi connectivity index (χ1) is 12.0. The van der Waals surface area contributed by atoms with E-state index in [2.05, 4.69) is 32.6 Å². The molecule has 2 rings (SSSR count). The van der Waals surface area contributed by atoms with Crippen molar-refractivity contribution < 1.29 is 19.1 Å². The quantitative estimate of drug-likeness (QED) is 0.309.